The molecule has 0 aliphatic carbocycles. The highest BCUT2D eigenvalue weighted by Gasteiger charge is 2.22. The van der Waals surface area contributed by atoms with Crippen molar-refractivity contribution in [3.8, 4) is 6.07 Å². The number of halogens is 1. The third kappa shape index (κ3) is 2.54. The Morgan fingerprint density at radius 1 is 1.59 bits per heavy atom. The number of nitriles is 1. The van der Waals surface area contributed by atoms with Gasteiger partial charge in [0.25, 0.3) is 5.69 Å². The second-order valence-corrected chi connectivity index (χ2v) is 3.56. The van der Waals surface area contributed by atoms with Gasteiger partial charge in [0, 0.05) is 11.6 Å². The molecule has 0 atom stereocenters. The number of benzene rings is 1. The largest absolute Gasteiger partial charge is 0.298 e. The van der Waals surface area contributed by atoms with Crippen molar-refractivity contribution in [2.24, 2.45) is 0 Å². The fourth-order valence-electron chi connectivity index (χ4n) is 1.28. The molecule has 7 heteroatoms. The molecule has 1 aromatic carbocycles. The van der Waals surface area contributed by atoms with Crippen molar-refractivity contribution in [1.29, 1.82) is 5.26 Å². The first kappa shape index (κ1) is 13.0. The van der Waals surface area contributed by atoms with Crippen LogP contribution in [0.4, 0.5) is 5.69 Å². The fourth-order valence-corrected chi connectivity index (χ4v) is 1.58. The van der Waals surface area contributed by atoms with E-state index in [1.165, 1.54) is 6.07 Å². The quantitative estimate of drug-likeness (QED) is 0.277. The van der Waals surface area contributed by atoms with Crippen LogP contribution in [0.2, 0.25) is 0 Å². The van der Waals surface area contributed by atoms with Gasteiger partial charge in [0.15, 0.2) is 12.1 Å². The summed E-state index contributed by atoms with van der Waals surface area (Å²) in [6, 6.07) is 3.84. The second-order valence-electron chi connectivity index (χ2n) is 3.00. The maximum Gasteiger partial charge on any atom is 0.281 e. The van der Waals surface area contributed by atoms with Gasteiger partial charge in [-0.05, 0) is 6.07 Å². The van der Waals surface area contributed by atoms with E-state index in [1.807, 2.05) is 0 Å². The van der Waals surface area contributed by atoms with Gasteiger partial charge in [0.1, 0.15) is 5.56 Å². The highest BCUT2D eigenvalue weighted by molar-refractivity contribution is 9.09. The lowest BCUT2D eigenvalue weighted by molar-refractivity contribution is -0.385. The van der Waals surface area contributed by atoms with Crippen LogP contribution in [0.5, 0.6) is 0 Å². The average molecular weight is 297 g/mol. The highest BCUT2D eigenvalue weighted by Crippen LogP contribution is 2.23. The molecule has 0 bridgehead atoms. The minimum Gasteiger partial charge on any atom is -0.298 e. The Balaban J connectivity index is 3.63. The van der Waals surface area contributed by atoms with E-state index in [1.54, 1.807) is 6.07 Å². The van der Waals surface area contributed by atoms with Crippen molar-refractivity contribution in [2.45, 2.75) is 0 Å². The van der Waals surface area contributed by atoms with Crippen LogP contribution in [-0.2, 0) is 0 Å². The predicted molar refractivity (Wildman–Crippen MR) is 61.3 cm³/mol. The molecule has 0 saturated heterocycles. The van der Waals surface area contributed by atoms with Crippen LogP contribution in [0.25, 0.3) is 0 Å². The van der Waals surface area contributed by atoms with Gasteiger partial charge in [-0.1, -0.05) is 15.9 Å². The van der Waals surface area contributed by atoms with Crippen LogP contribution >= 0.6 is 15.9 Å². The minimum absolute atomic E-state index is 0.0356. The molecule has 0 spiro atoms. The van der Waals surface area contributed by atoms with E-state index in [0.717, 1.165) is 6.07 Å². The van der Waals surface area contributed by atoms with Gasteiger partial charge in [0.05, 0.1) is 21.9 Å². The lowest BCUT2D eigenvalue weighted by Gasteiger charge is -2.03. The molecule has 0 heterocycles. The van der Waals surface area contributed by atoms with Crippen LogP contribution < -0.4 is 0 Å². The Morgan fingerprint density at radius 2 is 2.24 bits per heavy atom. The van der Waals surface area contributed by atoms with Crippen molar-refractivity contribution in [2.75, 3.05) is 5.33 Å². The van der Waals surface area contributed by atoms with E-state index in [0.29, 0.717) is 0 Å². The predicted octanol–water partition coefficient (Wildman–Crippen LogP) is 1.86. The lowest BCUT2D eigenvalue weighted by Crippen LogP contribution is -2.08. The van der Waals surface area contributed by atoms with E-state index < -0.39 is 16.4 Å². The highest BCUT2D eigenvalue weighted by atomic mass is 79.9. The number of hydrogen-bond acceptors (Lipinski definition) is 5. The summed E-state index contributed by atoms with van der Waals surface area (Å²) in [5.41, 5.74) is -1.00. The summed E-state index contributed by atoms with van der Waals surface area (Å²) < 4.78 is 0. The molecule has 1 aromatic rings. The number of ketones is 1. The molecule has 0 N–H and O–H groups in total. The topological polar surface area (TPSA) is 101 Å². The average Bonchev–Trinajstić information content (AvgIpc) is 2.35. The number of carbonyl (C=O) groups is 2. The number of hydrogen-bond donors (Lipinski definition) is 0. The molecular formula is C10H5BrN2O4. The Bertz CT molecular complexity index is 548. The molecule has 0 fully saturated rings. The Kier molecular flexibility index (Phi) is 4.06. The van der Waals surface area contributed by atoms with Gasteiger partial charge < -0.3 is 0 Å². The number of Topliss-reactive ketones (excluding diaryl/α,β-unsaturated/α-hetero) is 1. The molecule has 0 aromatic heterocycles. The van der Waals surface area contributed by atoms with Gasteiger partial charge >= 0.3 is 0 Å². The van der Waals surface area contributed by atoms with Crippen LogP contribution in [0.3, 0.4) is 0 Å². The number of nitrogens with zero attached hydrogens (tertiary/aromatic N) is 2. The summed E-state index contributed by atoms with van der Waals surface area (Å²) in [5.74, 6) is -0.493. The molecule has 0 aliphatic heterocycles. The molecule has 1 rings (SSSR count). The van der Waals surface area contributed by atoms with Crippen molar-refractivity contribution in [3.63, 3.8) is 0 Å². The van der Waals surface area contributed by atoms with Crippen molar-refractivity contribution < 1.29 is 14.5 Å². The molecule has 17 heavy (non-hydrogen) atoms. The molecule has 86 valence electrons. The number of aldehydes is 1. The molecule has 6 nitrogen and oxygen atoms in total. The zero-order chi connectivity index (χ0) is 13.0. The van der Waals surface area contributed by atoms with Gasteiger partial charge in [0.2, 0.25) is 0 Å². The molecule has 0 amide bonds. The summed E-state index contributed by atoms with van der Waals surface area (Å²) in [6.45, 7) is 0. The number of rotatable bonds is 4. The first-order valence-corrected chi connectivity index (χ1v) is 5.44. The first-order valence-electron chi connectivity index (χ1n) is 4.32. The van der Waals surface area contributed by atoms with E-state index in [-0.39, 0.29) is 28.3 Å². The maximum absolute atomic E-state index is 11.5. The zero-order valence-corrected chi connectivity index (χ0v) is 9.93. The van der Waals surface area contributed by atoms with Gasteiger partial charge in [-0.2, -0.15) is 5.26 Å². The number of nitro groups is 1. The van der Waals surface area contributed by atoms with E-state index >= 15 is 0 Å². The SMILES string of the molecule is N#Cc1cc(C(=O)CBr)c(C=O)c([N+](=O)[O-])c1. The standard InChI is InChI=1S/C10H5BrN2O4/c11-3-10(15)7-1-6(4-12)2-9(13(16)17)8(7)5-14/h1-2,5H,3H2. The van der Waals surface area contributed by atoms with Crippen LogP contribution in [0, 0.1) is 21.4 Å². The summed E-state index contributed by atoms with van der Waals surface area (Å²) in [4.78, 5) is 32.2. The Hall–Kier alpha value is -2.07. The van der Waals surface area contributed by atoms with Crippen LogP contribution in [0.1, 0.15) is 26.3 Å². The van der Waals surface area contributed by atoms with Gasteiger partial charge in [-0.15, -0.1) is 0 Å². The van der Waals surface area contributed by atoms with E-state index in [2.05, 4.69) is 15.9 Å². The van der Waals surface area contributed by atoms with Crippen molar-refractivity contribution in [3.05, 3.63) is 38.9 Å². The molecular weight excluding hydrogens is 292 g/mol. The fraction of sp³-hybridized carbons (Fsp3) is 0.100. The second kappa shape index (κ2) is 5.32. The van der Waals surface area contributed by atoms with Crippen molar-refractivity contribution in [1.82, 2.24) is 0 Å². The zero-order valence-electron chi connectivity index (χ0n) is 8.34. The van der Waals surface area contributed by atoms with Gasteiger partial charge in [-0.3, -0.25) is 19.7 Å². The summed E-state index contributed by atoms with van der Waals surface area (Å²) >= 11 is 2.90. The number of alkyl halides is 1. The van der Waals surface area contributed by atoms with Crippen LogP contribution in [-0.4, -0.2) is 22.3 Å². The minimum atomic E-state index is -0.796. The monoisotopic (exact) mass is 296 g/mol. The summed E-state index contributed by atoms with van der Waals surface area (Å²) in [7, 11) is 0. The molecule has 0 saturated carbocycles. The van der Waals surface area contributed by atoms with E-state index in [4.69, 9.17) is 5.26 Å². The maximum atomic E-state index is 11.5. The normalized spacial score (nSPS) is 9.41. The lowest BCUT2D eigenvalue weighted by atomic mass is 10.0. The molecule has 0 radical (unpaired) electrons. The van der Waals surface area contributed by atoms with Gasteiger partial charge in [-0.25, -0.2) is 0 Å². The third-order valence-electron chi connectivity index (χ3n) is 2.02. The van der Waals surface area contributed by atoms with E-state index in [9.17, 15) is 19.7 Å². The molecule has 0 unspecified atom stereocenters. The van der Waals surface area contributed by atoms with Crippen molar-refractivity contribution >= 4 is 33.7 Å². The first-order chi connectivity index (χ1) is 8.04. The Morgan fingerprint density at radius 3 is 2.65 bits per heavy atom. The number of carbonyl (C=O) groups excluding carboxylic acids is 2. The smallest absolute Gasteiger partial charge is 0.281 e. The Labute approximate surface area is 104 Å². The third-order valence-corrected chi connectivity index (χ3v) is 2.53. The molecule has 0 aliphatic rings. The summed E-state index contributed by atoms with van der Waals surface area (Å²) in [5, 5.41) is 19.3. The van der Waals surface area contributed by atoms with Crippen LogP contribution in [0.15, 0.2) is 12.1 Å². The summed E-state index contributed by atoms with van der Waals surface area (Å²) in [6.07, 6.45) is 0.245. The number of nitro benzene ring substituents is 1.